The van der Waals surface area contributed by atoms with E-state index in [1.165, 1.54) is 15.9 Å². The van der Waals surface area contributed by atoms with Gasteiger partial charge in [0.2, 0.25) is 0 Å². The van der Waals surface area contributed by atoms with Crippen LogP contribution < -0.4 is 10.4 Å². The minimum absolute atomic E-state index is 0.0687. The van der Waals surface area contributed by atoms with Crippen molar-refractivity contribution in [3.63, 3.8) is 0 Å². The highest BCUT2D eigenvalue weighted by Gasteiger charge is 2.56. The predicted octanol–water partition coefficient (Wildman–Crippen LogP) is 5.64. The van der Waals surface area contributed by atoms with Gasteiger partial charge in [0.1, 0.15) is 0 Å². The van der Waals surface area contributed by atoms with E-state index in [1.807, 2.05) is 19.1 Å². The van der Waals surface area contributed by atoms with Crippen LogP contribution >= 0.6 is 0 Å². The van der Waals surface area contributed by atoms with Crippen LogP contribution in [0.25, 0.3) is 0 Å². The van der Waals surface area contributed by atoms with Crippen molar-refractivity contribution in [2.24, 2.45) is 5.92 Å². The highest BCUT2D eigenvalue weighted by molar-refractivity contribution is 6.99. The van der Waals surface area contributed by atoms with Crippen LogP contribution in [-0.4, -0.2) is 27.5 Å². The molecule has 1 saturated carbocycles. The molecule has 0 aliphatic heterocycles. The summed E-state index contributed by atoms with van der Waals surface area (Å²) in [5.41, 5.74) is 1.01. The average Bonchev–Trinajstić information content (AvgIpc) is 3.59. The second-order valence-corrected chi connectivity index (χ2v) is 14.7. The van der Waals surface area contributed by atoms with E-state index in [4.69, 9.17) is 9.16 Å². The summed E-state index contributed by atoms with van der Waals surface area (Å²) in [5.74, 6) is -0.00131. The van der Waals surface area contributed by atoms with Gasteiger partial charge in [-0.1, -0.05) is 118 Å². The Balaban J connectivity index is 1.69. The van der Waals surface area contributed by atoms with Gasteiger partial charge in [-0.15, -0.1) is 0 Å². The molecule has 4 rings (SSSR count). The predicted molar refractivity (Wildman–Crippen MR) is 146 cm³/mol. The fourth-order valence-electron chi connectivity index (χ4n) is 5.35. The first-order valence-corrected chi connectivity index (χ1v) is 14.4. The van der Waals surface area contributed by atoms with Crippen molar-refractivity contribution < 1.29 is 14.0 Å². The van der Waals surface area contributed by atoms with Crippen molar-refractivity contribution in [2.45, 2.75) is 44.6 Å². The van der Waals surface area contributed by atoms with Gasteiger partial charge in [-0.05, 0) is 40.2 Å². The Labute approximate surface area is 210 Å². The van der Waals surface area contributed by atoms with Gasteiger partial charge in [0.05, 0.1) is 6.61 Å². The molecule has 35 heavy (non-hydrogen) atoms. The van der Waals surface area contributed by atoms with E-state index in [-0.39, 0.29) is 22.3 Å². The van der Waals surface area contributed by atoms with Gasteiger partial charge < -0.3 is 9.16 Å². The van der Waals surface area contributed by atoms with Crippen LogP contribution in [0.4, 0.5) is 0 Å². The molecule has 3 aromatic rings. The van der Waals surface area contributed by atoms with E-state index >= 15 is 0 Å². The topological polar surface area (TPSA) is 35.5 Å². The van der Waals surface area contributed by atoms with Crippen LogP contribution in [0, 0.1) is 5.92 Å². The second kappa shape index (κ2) is 10.3. The van der Waals surface area contributed by atoms with Crippen LogP contribution in [0.3, 0.4) is 0 Å². The Morgan fingerprint density at radius 1 is 0.914 bits per heavy atom. The number of carbonyl (C=O) groups excluding carboxylic acids is 1. The highest BCUT2D eigenvalue weighted by atomic mass is 28.4. The summed E-state index contributed by atoms with van der Waals surface area (Å²) in [6.07, 6.45) is 4.59. The van der Waals surface area contributed by atoms with E-state index in [1.54, 1.807) is 6.08 Å². The summed E-state index contributed by atoms with van der Waals surface area (Å²) < 4.78 is 12.4. The first-order valence-electron chi connectivity index (χ1n) is 12.5. The highest BCUT2D eigenvalue weighted by Crippen LogP contribution is 2.56. The van der Waals surface area contributed by atoms with Gasteiger partial charge in [0.25, 0.3) is 8.32 Å². The Hall–Kier alpha value is -2.95. The molecule has 0 saturated heterocycles. The zero-order valence-corrected chi connectivity index (χ0v) is 22.2. The maximum absolute atomic E-state index is 12.1. The molecule has 1 aliphatic carbocycles. The molecule has 182 valence electrons. The van der Waals surface area contributed by atoms with Crippen LogP contribution in [0.2, 0.25) is 5.04 Å². The number of esters is 1. The Kier molecular flexibility index (Phi) is 7.44. The van der Waals surface area contributed by atoms with Gasteiger partial charge in [-0.25, -0.2) is 4.79 Å². The number of hydrogen-bond donors (Lipinski definition) is 0. The van der Waals surface area contributed by atoms with Gasteiger partial charge in [-0.3, -0.25) is 0 Å². The summed E-state index contributed by atoms with van der Waals surface area (Å²) in [6, 6.07) is 31.9. The molecule has 3 aromatic carbocycles. The van der Waals surface area contributed by atoms with Crippen LogP contribution in [0.1, 0.15) is 39.7 Å². The molecule has 0 amide bonds. The van der Waals surface area contributed by atoms with Crippen molar-refractivity contribution in [3.8, 4) is 0 Å². The lowest BCUT2D eigenvalue weighted by Gasteiger charge is -2.43. The van der Waals surface area contributed by atoms with Crippen molar-refractivity contribution >= 4 is 24.7 Å². The zero-order valence-electron chi connectivity index (χ0n) is 21.2. The van der Waals surface area contributed by atoms with E-state index < -0.39 is 8.32 Å². The summed E-state index contributed by atoms with van der Waals surface area (Å²) in [5, 5.41) is 2.50. The quantitative estimate of drug-likeness (QED) is 0.224. The number of rotatable bonds is 9. The van der Waals surface area contributed by atoms with E-state index in [0.29, 0.717) is 13.2 Å². The van der Waals surface area contributed by atoms with Crippen LogP contribution in [0.15, 0.2) is 103 Å². The van der Waals surface area contributed by atoms with Crippen LogP contribution in [0.5, 0.6) is 0 Å². The number of ether oxygens (including phenoxy) is 1. The summed E-state index contributed by atoms with van der Waals surface area (Å²) in [7, 11) is -2.61. The monoisotopic (exact) mass is 484 g/mol. The third-order valence-corrected chi connectivity index (χ3v) is 12.2. The van der Waals surface area contributed by atoms with Crippen molar-refractivity contribution in [3.05, 3.63) is 109 Å². The van der Waals surface area contributed by atoms with Gasteiger partial charge in [-0.2, -0.15) is 0 Å². The van der Waals surface area contributed by atoms with E-state index in [0.717, 1.165) is 6.42 Å². The SMILES string of the molecule is CCOC(=O)/C=C/C1(c2ccccc2)CC1CO[Si](c1ccccc1)(c1ccccc1)C(C)(C)C. The molecule has 0 heterocycles. The first-order chi connectivity index (χ1) is 16.8. The Morgan fingerprint density at radius 3 is 1.91 bits per heavy atom. The Morgan fingerprint density at radius 2 is 1.43 bits per heavy atom. The molecule has 1 fully saturated rings. The summed E-state index contributed by atoms with van der Waals surface area (Å²) in [4.78, 5) is 12.1. The minimum Gasteiger partial charge on any atom is -0.463 e. The molecular formula is C31H36O3Si. The lowest BCUT2D eigenvalue weighted by atomic mass is 9.93. The molecule has 0 bridgehead atoms. The maximum Gasteiger partial charge on any atom is 0.330 e. The fourth-order valence-corrected chi connectivity index (χ4v) is 9.96. The first kappa shape index (κ1) is 25.1. The third-order valence-electron chi connectivity index (χ3n) is 7.19. The molecule has 3 nitrogen and oxygen atoms in total. The molecule has 0 aromatic heterocycles. The van der Waals surface area contributed by atoms with Crippen molar-refractivity contribution in [1.82, 2.24) is 0 Å². The van der Waals surface area contributed by atoms with Crippen LogP contribution in [-0.2, 0) is 19.4 Å². The maximum atomic E-state index is 12.1. The minimum atomic E-state index is -2.61. The molecular weight excluding hydrogens is 448 g/mol. The zero-order chi connectivity index (χ0) is 24.9. The lowest BCUT2D eigenvalue weighted by Crippen LogP contribution is -2.66. The van der Waals surface area contributed by atoms with Gasteiger partial charge >= 0.3 is 5.97 Å². The van der Waals surface area contributed by atoms with E-state index in [9.17, 15) is 4.79 Å². The van der Waals surface area contributed by atoms with Gasteiger partial charge in [0.15, 0.2) is 0 Å². The standard InChI is InChI=1S/C31H36O3Si/c1-5-33-29(32)21-22-31(25-15-9-6-10-16-25)23-26(31)24-34-35(30(2,3)4,27-17-11-7-12-18-27)28-19-13-8-14-20-28/h6-22,26H,5,23-24H2,1-4H3/b22-21+. The Bertz CT molecular complexity index is 1100. The molecule has 4 heteroatoms. The van der Waals surface area contributed by atoms with Crippen molar-refractivity contribution in [2.75, 3.05) is 13.2 Å². The molecule has 1 aliphatic rings. The average molecular weight is 485 g/mol. The fraction of sp³-hybridized carbons (Fsp3) is 0.323. The normalized spacial score (nSPS) is 20.1. The summed E-state index contributed by atoms with van der Waals surface area (Å²) >= 11 is 0. The number of allylic oxidation sites excluding steroid dienone is 1. The molecule has 0 N–H and O–H groups in total. The third kappa shape index (κ3) is 5.05. The van der Waals surface area contributed by atoms with Gasteiger partial charge in [0, 0.05) is 18.1 Å². The van der Waals surface area contributed by atoms with E-state index in [2.05, 4.69) is 106 Å². The molecule has 2 atom stereocenters. The largest absolute Gasteiger partial charge is 0.463 e. The molecule has 0 radical (unpaired) electrons. The second-order valence-electron chi connectivity index (χ2n) is 10.4. The van der Waals surface area contributed by atoms with Crippen molar-refractivity contribution in [1.29, 1.82) is 0 Å². The lowest BCUT2D eigenvalue weighted by molar-refractivity contribution is -0.137. The number of hydrogen-bond acceptors (Lipinski definition) is 3. The number of carbonyl (C=O) groups is 1. The summed E-state index contributed by atoms with van der Waals surface area (Å²) in [6.45, 7) is 9.75. The molecule has 0 spiro atoms. The smallest absolute Gasteiger partial charge is 0.330 e. The number of benzene rings is 3. The molecule has 2 unspecified atom stereocenters.